The van der Waals surface area contributed by atoms with Crippen LogP contribution in [0.4, 0.5) is 0 Å². The molecule has 0 spiro atoms. The van der Waals surface area contributed by atoms with Crippen molar-refractivity contribution in [1.82, 2.24) is 0 Å². The normalized spacial score (nSPS) is 13.0. The summed E-state index contributed by atoms with van der Waals surface area (Å²) in [7, 11) is 0. The van der Waals surface area contributed by atoms with Crippen LogP contribution in [0.2, 0.25) is 0 Å². The lowest BCUT2D eigenvalue weighted by molar-refractivity contribution is 0.293. The van der Waals surface area contributed by atoms with Crippen LogP contribution >= 0.6 is 114 Å². The highest BCUT2D eigenvalue weighted by atomic mass is 127. The molecule has 2 rings (SSSR count). The van der Waals surface area contributed by atoms with E-state index in [-0.39, 0.29) is 10.5 Å². The summed E-state index contributed by atoms with van der Waals surface area (Å²) < 4.78 is 11.2. The lowest BCUT2D eigenvalue weighted by atomic mass is 10.2. The minimum atomic E-state index is 0.207. The van der Waals surface area contributed by atoms with E-state index < -0.39 is 0 Å². The summed E-state index contributed by atoms with van der Waals surface area (Å²) in [6.07, 6.45) is 0. The third-order valence-corrected chi connectivity index (χ3v) is 12.4. The minimum absolute atomic E-state index is 0.207. The van der Waals surface area contributed by atoms with Crippen LogP contribution in [0.3, 0.4) is 0 Å². The van der Waals surface area contributed by atoms with Gasteiger partial charge in [0.1, 0.15) is 11.5 Å². The van der Waals surface area contributed by atoms with Crippen molar-refractivity contribution < 1.29 is 4.74 Å². The van der Waals surface area contributed by atoms with E-state index in [0.717, 1.165) is 23.0 Å². The Morgan fingerprint density at radius 1 is 0.759 bits per heavy atom. The maximum Gasteiger partial charge on any atom is 0.109 e. The summed E-state index contributed by atoms with van der Waals surface area (Å²) in [5.41, 5.74) is 2.66. The first-order chi connectivity index (χ1) is 13.7. The van der Waals surface area contributed by atoms with Gasteiger partial charge in [-0.15, -0.1) is 23.5 Å². The average molecular weight is 874 g/mol. The standard InChI is InChI=1S/C22H22I4OS2/c1-13(15(3)28-11-17-5-7-19(23)21(25)9-17)27-14(2)16(4)29-12-18-6-8-20(24)22(26)10-18/h5-10,15-16H,1-2,11-12H2,3-4H3. The van der Waals surface area contributed by atoms with Crippen molar-refractivity contribution in [2.75, 3.05) is 0 Å². The van der Waals surface area contributed by atoms with Crippen LogP contribution in [0.5, 0.6) is 0 Å². The molecule has 0 fully saturated rings. The van der Waals surface area contributed by atoms with Crippen molar-refractivity contribution in [3.8, 4) is 0 Å². The molecule has 0 N–H and O–H groups in total. The van der Waals surface area contributed by atoms with Gasteiger partial charge in [-0.2, -0.15) is 0 Å². The second kappa shape index (κ2) is 13.1. The Morgan fingerprint density at radius 3 is 1.48 bits per heavy atom. The van der Waals surface area contributed by atoms with E-state index in [9.17, 15) is 0 Å². The van der Waals surface area contributed by atoms with Gasteiger partial charge in [-0.3, -0.25) is 0 Å². The first-order valence-corrected chi connectivity index (χ1v) is 15.2. The molecule has 1 nitrogen and oxygen atoms in total. The Labute approximate surface area is 237 Å². The van der Waals surface area contributed by atoms with E-state index >= 15 is 0 Å². The lowest BCUT2D eigenvalue weighted by Crippen LogP contribution is -2.10. The quantitative estimate of drug-likeness (QED) is 0.174. The van der Waals surface area contributed by atoms with Gasteiger partial charge in [0.05, 0.1) is 10.5 Å². The molecule has 2 aromatic carbocycles. The average Bonchev–Trinajstić information content (AvgIpc) is 2.69. The van der Waals surface area contributed by atoms with Crippen LogP contribution in [-0.2, 0) is 16.2 Å². The molecule has 2 aromatic rings. The molecular formula is C22H22I4OS2. The summed E-state index contributed by atoms with van der Waals surface area (Å²) in [6.45, 7) is 12.6. The first kappa shape index (κ1) is 26.6. The fourth-order valence-electron chi connectivity index (χ4n) is 2.22. The van der Waals surface area contributed by atoms with E-state index in [1.54, 1.807) is 0 Å². The van der Waals surface area contributed by atoms with E-state index in [2.05, 4.69) is 154 Å². The van der Waals surface area contributed by atoms with Crippen LogP contribution in [0.25, 0.3) is 0 Å². The molecule has 7 heteroatoms. The highest BCUT2D eigenvalue weighted by molar-refractivity contribution is 14.1. The van der Waals surface area contributed by atoms with Gasteiger partial charge in [0.15, 0.2) is 0 Å². The second-order valence-electron chi connectivity index (χ2n) is 6.44. The van der Waals surface area contributed by atoms with Crippen molar-refractivity contribution in [3.63, 3.8) is 0 Å². The van der Waals surface area contributed by atoms with Gasteiger partial charge in [0.2, 0.25) is 0 Å². The van der Waals surface area contributed by atoms with Crippen LogP contribution in [0.1, 0.15) is 25.0 Å². The number of thioether (sulfide) groups is 2. The molecule has 0 aromatic heterocycles. The Morgan fingerprint density at radius 2 is 1.14 bits per heavy atom. The molecule has 0 heterocycles. The smallest absolute Gasteiger partial charge is 0.109 e. The summed E-state index contributed by atoms with van der Waals surface area (Å²) >= 11 is 13.2. The highest BCUT2D eigenvalue weighted by Gasteiger charge is 2.15. The fourth-order valence-corrected chi connectivity index (χ4v) is 5.76. The molecule has 0 aliphatic rings. The summed E-state index contributed by atoms with van der Waals surface area (Å²) in [5, 5.41) is 0.414. The van der Waals surface area contributed by atoms with E-state index in [1.807, 2.05) is 23.5 Å². The van der Waals surface area contributed by atoms with Crippen molar-refractivity contribution in [2.45, 2.75) is 35.9 Å². The zero-order valence-electron chi connectivity index (χ0n) is 16.2. The Kier molecular flexibility index (Phi) is 12.1. The van der Waals surface area contributed by atoms with Gasteiger partial charge in [0, 0.05) is 25.8 Å². The Bertz CT molecular complexity index is 814. The summed E-state index contributed by atoms with van der Waals surface area (Å²) in [6, 6.07) is 13.2. The van der Waals surface area contributed by atoms with Gasteiger partial charge in [0.25, 0.3) is 0 Å². The third kappa shape index (κ3) is 9.01. The van der Waals surface area contributed by atoms with Gasteiger partial charge < -0.3 is 4.74 Å². The number of hydrogen-bond donors (Lipinski definition) is 0. The molecule has 0 amide bonds. The largest absolute Gasteiger partial charge is 0.465 e. The third-order valence-electron chi connectivity index (χ3n) is 4.14. The van der Waals surface area contributed by atoms with E-state index in [4.69, 9.17) is 4.74 Å². The predicted octanol–water partition coefficient (Wildman–Crippen LogP) is 9.09. The molecule has 0 radical (unpaired) electrons. The maximum absolute atomic E-state index is 6.00. The maximum atomic E-state index is 6.00. The number of ether oxygens (including phenoxy) is 1. The summed E-state index contributed by atoms with van der Waals surface area (Å²) in [5.74, 6) is 3.44. The highest BCUT2D eigenvalue weighted by Crippen LogP contribution is 2.30. The van der Waals surface area contributed by atoms with Crippen LogP contribution in [0.15, 0.2) is 61.1 Å². The van der Waals surface area contributed by atoms with Gasteiger partial charge in [-0.05, 0) is 140 Å². The van der Waals surface area contributed by atoms with Gasteiger partial charge in [-0.1, -0.05) is 25.3 Å². The van der Waals surface area contributed by atoms with Crippen LogP contribution in [0, 0.1) is 14.3 Å². The first-order valence-electron chi connectivity index (χ1n) is 8.84. The molecule has 156 valence electrons. The van der Waals surface area contributed by atoms with Crippen molar-refractivity contribution in [1.29, 1.82) is 0 Å². The molecule has 0 saturated heterocycles. The molecule has 2 unspecified atom stereocenters. The lowest BCUT2D eigenvalue weighted by Gasteiger charge is -2.20. The molecule has 0 aliphatic heterocycles. The Balaban J connectivity index is 1.79. The monoisotopic (exact) mass is 874 g/mol. The van der Waals surface area contributed by atoms with Crippen molar-refractivity contribution >= 4 is 114 Å². The molecule has 2 atom stereocenters. The Hall–Kier alpha value is 1.34. The van der Waals surface area contributed by atoms with E-state index in [1.165, 1.54) is 25.4 Å². The zero-order chi connectivity index (χ0) is 21.6. The van der Waals surface area contributed by atoms with Gasteiger partial charge >= 0.3 is 0 Å². The number of rotatable bonds is 10. The van der Waals surface area contributed by atoms with Crippen LogP contribution in [-0.4, -0.2) is 10.5 Å². The summed E-state index contributed by atoms with van der Waals surface area (Å²) in [4.78, 5) is 0. The van der Waals surface area contributed by atoms with Crippen LogP contribution < -0.4 is 0 Å². The topological polar surface area (TPSA) is 9.23 Å². The fraction of sp³-hybridized carbons (Fsp3) is 0.273. The molecule has 29 heavy (non-hydrogen) atoms. The number of halogens is 4. The van der Waals surface area contributed by atoms with Gasteiger partial charge in [-0.25, -0.2) is 0 Å². The second-order valence-corrected chi connectivity index (χ2v) is 13.7. The molecule has 0 aliphatic carbocycles. The molecular weight excluding hydrogens is 852 g/mol. The van der Waals surface area contributed by atoms with E-state index in [0.29, 0.717) is 0 Å². The zero-order valence-corrected chi connectivity index (χ0v) is 26.4. The molecule has 0 saturated carbocycles. The predicted molar refractivity (Wildman–Crippen MR) is 165 cm³/mol. The SMILES string of the molecule is C=C(OC(=C)C(C)SCc1ccc(I)c(I)c1)C(C)SCc1ccc(I)c(I)c1. The van der Waals surface area contributed by atoms with Crippen molar-refractivity contribution in [2.24, 2.45) is 0 Å². The number of benzene rings is 2. The minimum Gasteiger partial charge on any atom is -0.465 e. The van der Waals surface area contributed by atoms with Crippen molar-refractivity contribution in [3.05, 3.63) is 86.5 Å². The number of hydrogen-bond acceptors (Lipinski definition) is 3. The molecule has 0 bridgehead atoms.